The number of hydrogen-bond donors (Lipinski definition) is 1. The fourth-order valence-corrected chi connectivity index (χ4v) is 6.89. The number of fused-ring (bicyclic) bond motifs is 2. The molecule has 3 aliphatic heterocycles. The number of carbonyl (C=O) groups excluding carboxylic acids is 2. The molecule has 0 bridgehead atoms. The minimum absolute atomic E-state index is 0.0373. The minimum Gasteiger partial charge on any atom is -0.369 e. The van der Waals surface area contributed by atoms with Gasteiger partial charge in [-0.15, -0.1) is 0 Å². The molecule has 10 nitrogen and oxygen atoms in total. The SMILES string of the molecule is NC1=N[C@](CCCC(F)(F)F)(c2ccc(F)cc2)C(=O)N1Cc1ccc(C(F)(F)F)c(C(=O)N2Cc3cnc(-c4cnn5c4CCC5)nc3C2)c1. The van der Waals surface area contributed by atoms with Crippen molar-refractivity contribution in [1.29, 1.82) is 0 Å². The predicted octanol–water partition coefficient (Wildman–Crippen LogP) is 5.89. The summed E-state index contributed by atoms with van der Waals surface area (Å²) in [6.07, 6.45) is -6.61. The van der Waals surface area contributed by atoms with Gasteiger partial charge in [0.05, 0.1) is 41.7 Å². The summed E-state index contributed by atoms with van der Waals surface area (Å²) in [5, 5.41) is 4.36. The second kappa shape index (κ2) is 12.5. The van der Waals surface area contributed by atoms with Gasteiger partial charge in [0.25, 0.3) is 11.8 Å². The first kappa shape index (κ1) is 34.1. The molecule has 2 aromatic heterocycles. The van der Waals surface area contributed by atoms with Gasteiger partial charge in [-0.05, 0) is 61.1 Å². The quantitative estimate of drug-likeness (QED) is 0.228. The van der Waals surface area contributed by atoms with Crippen LogP contribution in [0.2, 0.25) is 0 Å². The van der Waals surface area contributed by atoms with Crippen LogP contribution in [0.5, 0.6) is 0 Å². The van der Waals surface area contributed by atoms with Gasteiger partial charge in [0.2, 0.25) is 0 Å². The molecule has 51 heavy (non-hydrogen) atoms. The van der Waals surface area contributed by atoms with Crippen molar-refractivity contribution in [2.75, 3.05) is 0 Å². The maximum atomic E-state index is 14.2. The van der Waals surface area contributed by atoms with E-state index in [4.69, 9.17) is 5.73 Å². The zero-order valence-corrected chi connectivity index (χ0v) is 26.7. The molecule has 2 amide bonds. The number of aliphatic imine (C=N–C) groups is 1. The van der Waals surface area contributed by atoms with Gasteiger partial charge < -0.3 is 10.6 Å². The Kier molecular flexibility index (Phi) is 8.33. The van der Waals surface area contributed by atoms with E-state index in [-0.39, 0.29) is 24.2 Å². The molecule has 0 spiro atoms. The van der Waals surface area contributed by atoms with E-state index >= 15 is 0 Å². The molecule has 2 N–H and O–H groups in total. The zero-order valence-electron chi connectivity index (χ0n) is 26.7. The summed E-state index contributed by atoms with van der Waals surface area (Å²) >= 11 is 0. The largest absolute Gasteiger partial charge is 0.417 e. The first-order chi connectivity index (χ1) is 24.1. The van der Waals surface area contributed by atoms with Crippen molar-refractivity contribution in [3.63, 3.8) is 0 Å². The number of nitrogens with two attached hydrogens (primary N) is 1. The Morgan fingerprint density at radius 3 is 2.49 bits per heavy atom. The number of rotatable bonds is 8. The van der Waals surface area contributed by atoms with Crippen molar-refractivity contribution in [3.8, 4) is 11.4 Å². The zero-order chi connectivity index (χ0) is 36.3. The molecule has 5 heterocycles. The minimum atomic E-state index is -4.91. The summed E-state index contributed by atoms with van der Waals surface area (Å²) in [4.78, 5) is 43.2. The number of aryl methyl sites for hydroxylation is 1. The maximum absolute atomic E-state index is 14.2. The van der Waals surface area contributed by atoms with Gasteiger partial charge in [-0.2, -0.15) is 31.4 Å². The molecule has 0 fully saturated rings. The lowest BCUT2D eigenvalue weighted by Gasteiger charge is -2.27. The third-order valence-corrected chi connectivity index (χ3v) is 9.38. The molecular weight excluding hydrogens is 685 g/mol. The lowest BCUT2D eigenvalue weighted by Crippen LogP contribution is -2.42. The summed E-state index contributed by atoms with van der Waals surface area (Å²) in [5.74, 6) is -2.40. The maximum Gasteiger partial charge on any atom is 0.417 e. The topological polar surface area (TPSA) is 123 Å². The smallest absolute Gasteiger partial charge is 0.369 e. The molecule has 0 saturated carbocycles. The Morgan fingerprint density at radius 2 is 1.76 bits per heavy atom. The van der Waals surface area contributed by atoms with E-state index < -0.39 is 78.4 Å². The average Bonchev–Trinajstić information content (AvgIpc) is 3.85. The van der Waals surface area contributed by atoms with Gasteiger partial charge in [-0.25, -0.2) is 19.4 Å². The Labute approximate surface area is 285 Å². The molecule has 266 valence electrons. The monoisotopic (exact) mass is 714 g/mol. The molecule has 0 unspecified atom stereocenters. The second-order valence-corrected chi connectivity index (χ2v) is 12.7. The van der Waals surface area contributed by atoms with Crippen LogP contribution >= 0.6 is 0 Å². The van der Waals surface area contributed by atoms with Crippen LogP contribution in [0.4, 0.5) is 30.7 Å². The third-order valence-electron chi connectivity index (χ3n) is 9.38. The van der Waals surface area contributed by atoms with Gasteiger partial charge >= 0.3 is 12.4 Å². The summed E-state index contributed by atoms with van der Waals surface area (Å²) in [5.41, 5.74) is 5.33. The molecule has 1 atom stereocenters. The van der Waals surface area contributed by atoms with E-state index in [9.17, 15) is 40.3 Å². The van der Waals surface area contributed by atoms with Gasteiger partial charge in [0.15, 0.2) is 17.3 Å². The van der Waals surface area contributed by atoms with Crippen LogP contribution in [-0.2, 0) is 49.1 Å². The molecule has 7 rings (SSSR count). The Balaban J connectivity index is 1.15. The van der Waals surface area contributed by atoms with Crippen LogP contribution in [0, 0.1) is 5.82 Å². The highest BCUT2D eigenvalue weighted by atomic mass is 19.4. The number of aromatic nitrogens is 4. The van der Waals surface area contributed by atoms with Gasteiger partial charge in [0, 0.05) is 37.0 Å². The number of hydrogen-bond acceptors (Lipinski definition) is 7. The van der Waals surface area contributed by atoms with Crippen molar-refractivity contribution in [1.82, 2.24) is 29.5 Å². The molecular formula is C34H29F7N8O2. The van der Waals surface area contributed by atoms with Crippen LogP contribution in [-0.4, -0.2) is 53.5 Å². The normalized spacial score (nSPS) is 18.7. The Bertz CT molecular complexity index is 2060. The molecule has 0 aliphatic carbocycles. The van der Waals surface area contributed by atoms with Crippen LogP contribution in [0.25, 0.3) is 11.4 Å². The van der Waals surface area contributed by atoms with Crippen molar-refractivity contribution >= 4 is 17.8 Å². The molecule has 4 aromatic rings. The van der Waals surface area contributed by atoms with E-state index in [0.29, 0.717) is 17.1 Å². The Morgan fingerprint density at radius 1 is 1.00 bits per heavy atom. The van der Waals surface area contributed by atoms with Gasteiger partial charge in [0.1, 0.15) is 5.82 Å². The standard InChI is InChI=1S/C34H29F7N8O2/c35-22-7-5-21(6-8-22)32(10-2-11-33(36,37)38)30(51)48(31(42)46-32)16-19-4-9-25(34(39,40)41)23(13-19)29(50)47-17-20-14-43-28(45-26(20)18-47)24-15-44-49-12-1-3-27(24)49/h4-9,13-15H,1-3,10-12,16-18H2,(H2,42,46)/t32-/m1/s1. The predicted molar refractivity (Wildman–Crippen MR) is 167 cm³/mol. The van der Waals surface area contributed by atoms with E-state index in [1.54, 1.807) is 12.4 Å². The molecule has 0 radical (unpaired) electrons. The highest BCUT2D eigenvalue weighted by molar-refractivity contribution is 6.07. The van der Waals surface area contributed by atoms with Gasteiger partial charge in [-0.3, -0.25) is 19.2 Å². The van der Waals surface area contributed by atoms with Crippen LogP contribution < -0.4 is 5.73 Å². The lowest BCUT2D eigenvalue weighted by atomic mass is 9.84. The van der Waals surface area contributed by atoms with Crippen molar-refractivity contribution < 1.29 is 40.3 Å². The number of nitrogens with zero attached hydrogens (tertiary/aromatic N) is 7. The van der Waals surface area contributed by atoms with E-state index in [2.05, 4.69) is 20.1 Å². The number of amides is 2. The summed E-state index contributed by atoms with van der Waals surface area (Å²) < 4.78 is 97.5. The number of benzene rings is 2. The molecule has 17 heteroatoms. The fourth-order valence-electron chi connectivity index (χ4n) is 6.89. The summed E-state index contributed by atoms with van der Waals surface area (Å²) in [6, 6.07) is 7.34. The van der Waals surface area contributed by atoms with Crippen molar-refractivity contribution in [2.45, 2.75) is 76.2 Å². The van der Waals surface area contributed by atoms with Crippen LogP contribution in [0.1, 0.15) is 69.7 Å². The first-order valence-electron chi connectivity index (χ1n) is 16.0. The Hall–Kier alpha value is -5.35. The molecule has 3 aliphatic rings. The van der Waals surface area contributed by atoms with Crippen LogP contribution in [0.3, 0.4) is 0 Å². The number of carbonyl (C=O) groups is 2. The molecule has 0 saturated heterocycles. The highest BCUT2D eigenvalue weighted by Gasteiger charge is 2.49. The number of guanidine groups is 1. The number of alkyl halides is 6. The molecule has 2 aromatic carbocycles. The van der Waals surface area contributed by atoms with E-state index in [1.807, 2.05) is 4.68 Å². The summed E-state index contributed by atoms with van der Waals surface area (Å²) in [7, 11) is 0. The highest BCUT2D eigenvalue weighted by Crippen LogP contribution is 2.41. The third kappa shape index (κ3) is 6.40. The average molecular weight is 715 g/mol. The van der Waals surface area contributed by atoms with Crippen LogP contribution in [0.15, 0.2) is 59.9 Å². The number of halogens is 7. The van der Waals surface area contributed by atoms with Crippen molar-refractivity contribution in [2.24, 2.45) is 10.7 Å². The fraction of sp³-hybridized carbons (Fsp3) is 0.353. The lowest BCUT2D eigenvalue weighted by molar-refractivity contribution is -0.139. The first-order valence-corrected chi connectivity index (χ1v) is 16.0. The van der Waals surface area contributed by atoms with E-state index in [1.165, 1.54) is 17.0 Å². The second-order valence-electron chi connectivity index (χ2n) is 12.7. The van der Waals surface area contributed by atoms with Crippen molar-refractivity contribution in [3.05, 3.63) is 99.9 Å². The van der Waals surface area contributed by atoms with E-state index in [0.717, 1.165) is 65.9 Å². The van der Waals surface area contributed by atoms with Gasteiger partial charge in [-0.1, -0.05) is 18.2 Å². The summed E-state index contributed by atoms with van der Waals surface area (Å²) in [6.45, 7) is 0.229.